The summed E-state index contributed by atoms with van der Waals surface area (Å²) < 4.78 is 5.07. The van der Waals surface area contributed by atoms with Crippen molar-refractivity contribution in [3.63, 3.8) is 0 Å². The van der Waals surface area contributed by atoms with Crippen LogP contribution in [-0.4, -0.2) is 59.6 Å². The summed E-state index contributed by atoms with van der Waals surface area (Å²) in [6, 6.07) is 13.6. The number of piperazine rings is 1. The third-order valence-corrected chi connectivity index (χ3v) is 6.62. The van der Waals surface area contributed by atoms with Gasteiger partial charge in [-0.25, -0.2) is 4.79 Å². The van der Waals surface area contributed by atoms with Crippen LogP contribution in [0.3, 0.4) is 0 Å². The molecule has 1 aromatic heterocycles. The molecule has 2 aromatic carbocycles. The highest BCUT2D eigenvalue weighted by atomic mass is 35.5. The van der Waals surface area contributed by atoms with E-state index in [-0.39, 0.29) is 17.9 Å². The molecule has 3 aromatic rings. The standard InChI is InChI=1S/C24H25Cl2N3O3/c1-2-32-24(31)29-11-9-28(10-12-29)23(30)14-18(16-7-8-20(25)21(26)13-16)19-15-27-22-6-4-3-5-17(19)22/h3-8,13,15,18,27H,2,9-12,14H2,1H3/t18-/m1/s1. The predicted octanol–water partition coefficient (Wildman–Crippen LogP) is 5.30. The molecule has 1 atom stereocenters. The summed E-state index contributed by atoms with van der Waals surface area (Å²) in [6.45, 7) is 4.03. The van der Waals surface area contributed by atoms with Gasteiger partial charge in [-0.1, -0.05) is 47.5 Å². The van der Waals surface area contributed by atoms with Crippen molar-refractivity contribution in [1.29, 1.82) is 0 Å². The van der Waals surface area contributed by atoms with Crippen molar-refractivity contribution in [3.8, 4) is 0 Å². The lowest BCUT2D eigenvalue weighted by atomic mass is 9.87. The molecule has 1 aliphatic rings. The van der Waals surface area contributed by atoms with Crippen LogP contribution in [0.1, 0.15) is 30.4 Å². The van der Waals surface area contributed by atoms with Crippen molar-refractivity contribution in [2.75, 3.05) is 32.8 Å². The summed E-state index contributed by atoms with van der Waals surface area (Å²) in [7, 11) is 0. The Morgan fingerprint density at radius 2 is 1.75 bits per heavy atom. The number of carbonyl (C=O) groups excluding carboxylic acids is 2. The highest BCUT2D eigenvalue weighted by Crippen LogP contribution is 2.36. The fourth-order valence-corrected chi connectivity index (χ4v) is 4.48. The van der Waals surface area contributed by atoms with E-state index in [4.69, 9.17) is 27.9 Å². The first-order valence-corrected chi connectivity index (χ1v) is 11.4. The average Bonchev–Trinajstić information content (AvgIpc) is 3.23. The molecule has 1 N–H and O–H groups in total. The van der Waals surface area contributed by atoms with Gasteiger partial charge in [-0.05, 0) is 36.2 Å². The van der Waals surface area contributed by atoms with E-state index in [9.17, 15) is 9.59 Å². The third kappa shape index (κ3) is 4.71. The Morgan fingerprint density at radius 1 is 1.03 bits per heavy atom. The topological polar surface area (TPSA) is 65.6 Å². The van der Waals surface area contributed by atoms with E-state index in [2.05, 4.69) is 4.98 Å². The summed E-state index contributed by atoms with van der Waals surface area (Å²) in [5, 5.41) is 2.02. The molecule has 0 spiro atoms. The van der Waals surface area contributed by atoms with Gasteiger partial charge in [0, 0.05) is 55.6 Å². The van der Waals surface area contributed by atoms with Crippen molar-refractivity contribution < 1.29 is 14.3 Å². The number of amides is 2. The smallest absolute Gasteiger partial charge is 0.409 e. The minimum atomic E-state index is -0.327. The molecule has 0 bridgehead atoms. The molecule has 6 nitrogen and oxygen atoms in total. The number of halogens is 2. The van der Waals surface area contributed by atoms with Crippen molar-refractivity contribution >= 4 is 46.1 Å². The molecule has 1 saturated heterocycles. The van der Waals surface area contributed by atoms with Crippen LogP contribution in [0.15, 0.2) is 48.7 Å². The Labute approximate surface area is 197 Å². The van der Waals surface area contributed by atoms with Crippen molar-refractivity contribution in [2.45, 2.75) is 19.3 Å². The maximum atomic E-state index is 13.3. The minimum Gasteiger partial charge on any atom is -0.450 e. The maximum Gasteiger partial charge on any atom is 0.409 e. The van der Waals surface area contributed by atoms with Crippen molar-refractivity contribution in [2.24, 2.45) is 0 Å². The van der Waals surface area contributed by atoms with E-state index in [0.717, 1.165) is 22.0 Å². The van der Waals surface area contributed by atoms with Crippen LogP contribution in [0.5, 0.6) is 0 Å². The highest BCUT2D eigenvalue weighted by molar-refractivity contribution is 6.42. The van der Waals surface area contributed by atoms with Crippen LogP contribution in [0.4, 0.5) is 4.79 Å². The third-order valence-electron chi connectivity index (χ3n) is 5.88. The number of aromatic amines is 1. The fourth-order valence-electron chi connectivity index (χ4n) is 4.18. The second-order valence-electron chi connectivity index (χ2n) is 7.79. The summed E-state index contributed by atoms with van der Waals surface area (Å²) in [5.74, 6) is -0.147. The lowest BCUT2D eigenvalue weighted by Crippen LogP contribution is -2.50. The van der Waals surface area contributed by atoms with E-state index < -0.39 is 0 Å². The Balaban J connectivity index is 1.57. The molecule has 4 rings (SSSR count). The van der Waals surface area contributed by atoms with E-state index >= 15 is 0 Å². The number of ether oxygens (including phenoxy) is 1. The Bertz CT molecular complexity index is 1120. The van der Waals surface area contributed by atoms with Crippen LogP contribution in [0.2, 0.25) is 10.0 Å². The lowest BCUT2D eigenvalue weighted by Gasteiger charge is -2.34. The van der Waals surface area contributed by atoms with E-state index in [1.807, 2.05) is 47.5 Å². The van der Waals surface area contributed by atoms with E-state index in [0.29, 0.717) is 49.3 Å². The number of carbonyl (C=O) groups is 2. The quantitative estimate of drug-likeness (QED) is 0.546. The number of nitrogens with zero attached hydrogens (tertiary/aromatic N) is 2. The first-order chi connectivity index (χ1) is 15.5. The van der Waals surface area contributed by atoms with Crippen LogP contribution < -0.4 is 0 Å². The van der Waals surface area contributed by atoms with Crippen molar-refractivity contribution in [3.05, 3.63) is 69.8 Å². The highest BCUT2D eigenvalue weighted by Gasteiger charge is 2.28. The molecule has 1 fully saturated rings. The number of nitrogens with one attached hydrogen (secondary N) is 1. The maximum absolute atomic E-state index is 13.3. The molecule has 0 saturated carbocycles. The first kappa shape index (κ1) is 22.5. The van der Waals surface area contributed by atoms with Crippen LogP contribution >= 0.6 is 23.2 Å². The average molecular weight is 474 g/mol. The van der Waals surface area contributed by atoms with Gasteiger partial charge in [-0.3, -0.25) is 4.79 Å². The monoisotopic (exact) mass is 473 g/mol. The second kappa shape index (κ2) is 9.84. The summed E-state index contributed by atoms with van der Waals surface area (Å²) in [6.07, 6.45) is 1.93. The molecule has 0 unspecified atom stereocenters. The zero-order valence-corrected chi connectivity index (χ0v) is 19.3. The molecule has 8 heteroatoms. The van der Waals surface area contributed by atoms with E-state index in [1.54, 1.807) is 17.9 Å². The van der Waals surface area contributed by atoms with Gasteiger partial charge < -0.3 is 19.5 Å². The zero-order chi connectivity index (χ0) is 22.7. The first-order valence-electron chi connectivity index (χ1n) is 10.7. The number of benzene rings is 2. The minimum absolute atomic E-state index is 0.0369. The Hall–Kier alpha value is -2.70. The fraction of sp³-hybridized carbons (Fsp3) is 0.333. The van der Waals surface area contributed by atoms with E-state index in [1.165, 1.54) is 0 Å². The number of aromatic nitrogens is 1. The van der Waals surface area contributed by atoms with Crippen molar-refractivity contribution in [1.82, 2.24) is 14.8 Å². The van der Waals surface area contributed by atoms with Crippen LogP contribution in [-0.2, 0) is 9.53 Å². The molecule has 168 valence electrons. The van der Waals surface area contributed by atoms with Gasteiger partial charge in [-0.2, -0.15) is 0 Å². The Kier molecular flexibility index (Phi) is 6.92. The molecule has 2 amide bonds. The number of fused-ring (bicyclic) bond motifs is 1. The Morgan fingerprint density at radius 3 is 2.47 bits per heavy atom. The molecule has 0 radical (unpaired) electrons. The summed E-state index contributed by atoms with van der Waals surface area (Å²) >= 11 is 12.4. The predicted molar refractivity (Wildman–Crippen MR) is 126 cm³/mol. The normalized spacial score (nSPS) is 15.1. The molecule has 2 heterocycles. The number of rotatable bonds is 5. The molecule has 0 aliphatic carbocycles. The number of para-hydroxylation sites is 1. The molecular formula is C24H25Cl2N3O3. The SMILES string of the molecule is CCOC(=O)N1CCN(C(=O)C[C@H](c2ccc(Cl)c(Cl)c2)c2c[nH]c3ccccc23)CC1. The molecule has 1 aliphatic heterocycles. The van der Waals surface area contributed by atoms with Gasteiger partial charge >= 0.3 is 6.09 Å². The van der Waals surface area contributed by atoms with Gasteiger partial charge in [-0.15, -0.1) is 0 Å². The zero-order valence-electron chi connectivity index (χ0n) is 17.8. The number of H-pyrrole nitrogens is 1. The summed E-state index contributed by atoms with van der Waals surface area (Å²) in [5.41, 5.74) is 2.99. The van der Waals surface area contributed by atoms with Crippen LogP contribution in [0.25, 0.3) is 10.9 Å². The second-order valence-corrected chi connectivity index (χ2v) is 8.60. The molecular weight excluding hydrogens is 449 g/mol. The van der Waals surface area contributed by atoms with Gasteiger partial charge in [0.15, 0.2) is 0 Å². The number of hydrogen-bond donors (Lipinski definition) is 1. The van der Waals surface area contributed by atoms with Gasteiger partial charge in [0.05, 0.1) is 16.7 Å². The largest absolute Gasteiger partial charge is 0.450 e. The van der Waals surface area contributed by atoms with Gasteiger partial charge in [0.2, 0.25) is 5.91 Å². The number of hydrogen-bond acceptors (Lipinski definition) is 3. The summed E-state index contributed by atoms with van der Waals surface area (Å²) in [4.78, 5) is 32.0. The van der Waals surface area contributed by atoms with Crippen LogP contribution in [0, 0.1) is 0 Å². The van der Waals surface area contributed by atoms with Gasteiger partial charge in [0.25, 0.3) is 0 Å². The lowest BCUT2D eigenvalue weighted by molar-refractivity contribution is -0.133. The molecule has 32 heavy (non-hydrogen) atoms. The van der Waals surface area contributed by atoms with Gasteiger partial charge in [0.1, 0.15) is 0 Å².